The molecule has 0 aromatic carbocycles. The van der Waals surface area contributed by atoms with E-state index in [4.69, 9.17) is 4.74 Å². The molecule has 0 radical (unpaired) electrons. The van der Waals surface area contributed by atoms with E-state index in [1.807, 2.05) is 10.9 Å². The van der Waals surface area contributed by atoms with Crippen LogP contribution in [0.4, 0.5) is 10.2 Å². The van der Waals surface area contributed by atoms with Crippen LogP contribution in [0.5, 0.6) is 0 Å². The molecular formula is C21H20FN7O2. The van der Waals surface area contributed by atoms with Crippen molar-refractivity contribution in [3.8, 4) is 17.3 Å². The summed E-state index contributed by atoms with van der Waals surface area (Å²) < 4.78 is 23.2. The molecule has 31 heavy (non-hydrogen) atoms. The molecule has 1 saturated carbocycles. The van der Waals surface area contributed by atoms with E-state index in [9.17, 15) is 14.4 Å². The number of nitrogens with zero attached hydrogens (tertiary/aromatic N) is 7. The van der Waals surface area contributed by atoms with Gasteiger partial charge in [-0.2, -0.15) is 15.5 Å². The van der Waals surface area contributed by atoms with E-state index in [1.165, 1.54) is 9.42 Å². The van der Waals surface area contributed by atoms with Crippen LogP contribution in [0, 0.1) is 28.5 Å². The zero-order valence-corrected chi connectivity index (χ0v) is 17.0. The summed E-state index contributed by atoms with van der Waals surface area (Å²) in [6.07, 6.45) is 8.47. The van der Waals surface area contributed by atoms with E-state index in [0.717, 1.165) is 24.6 Å². The van der Waals surface area contributed by atoms with Crippen molar-refractivity contribution in [3.05, 3.63) is 30.6 Å². The number of aromatic nitrogens is 5. The fraction of sp³-hybridized carbons (Fsp3) is 0.476. The molecule has 1 aliphatic carbocycles. The Labute approximate surface area is 177 Å². The molecular weight excluding hydrogens is 401 g/mol. The van der Waals surface area contributed by atoms with Crippen molar-refractivity contribution in [2.75, 3.05) is 24.7 Å². The summed E-state index contributed by atoms with van der Waals surface area (Å²) in [5.74, 6) is -0.578. The Hall–Kier alpha value is -3.32. The lowest BCUT2D eigenvalue weighted by atomic mass is 9.83. The van der Waals surface area contributed by atoms with Gasteiger partial charge in [0, 0.05) is 18.3 Å². The highest BCUT2D eigenvalue weighted by atomic mass is 19.1. The van der Waals surface area contributed by atoms with E-state index < -0.39 is 11.2 Å². The van der Waals surface area contributed by atoms with E-state index >= 15 is 0 Å². The molecule has 3 fully saturated rings. The Bertz CT molecular complexity index is 1270. The molecule has 2 saturated heterocycles. The Balaban J connectivity index is 1.45. The highest BCUT2D eigenvalue weighted by Crippen LogP contribution is 2.52. The van der Waals surface area contributed by atoms with Crippen LogP contribution in [0.2, 0.25) is 0 Å². The van der Waals surface area contributed by atoms with Gasteiger partial charge in [0.25, 0.3) is 0 Å². The van der Waals surface area contributed by atoms with E-state index in [0.29, 0.717) is 31.9 Å². The number of ether oxygens (including phenoxy) is 1. The van der Waals surface area contributed by atoms with Crippen LogP contribution in [0.25, 0.3) is 16.8 Å². The van der Waals surface area contributed by atoms with E-state index in [2.05, 4.69) is 28.2 Å². The van der Waals surface area contributed by atoms with Gasteiger partial charge in [-0.05, 0) is 32.1 Å². The quantitative estimate of drug-likeness (QED) is 0.640. The fourth-order valence-electron chi connectivity index (χ4n) is 4.66. The number of fused-ring (bicyclic) bond motifs is 1. The van der Waals surface area contributed by atoms with Crippen molar-refractivity contribution < 1.29 is 13.9 Å². The first-order valence-electron chi connectivity index (χ1n) is 10.4. The first-order valence-corrected chi connectivity index (χ1v) is 10.4. The zero-order valence-electron chi connectivity index (χ0n) is 17.0. The molecule has 3 aromatic rings. The van der Waals surface area contributed by atoms with Crippen LogP contribution in [0.15, 0.2) is 24.8 Å². The Morgan fingerprint density at radius 2 is 2.06 bits per heavy atom. The third kappa shape index (κ3) is 2.50. The van der Waals surface area contributed by atoms with Gasteiger partial charge >= 0.3 is 0 Å². The topological polar surface area (TPSA) is 101 Å². The monoisotopic (exact) mass is 421 g/mol. The largest absolute Gasteiger partial charge is 0.376 e. The summed E-state index contributed by atoms with van der Waals surface area (Å²) in [4.78, 5) is 19.4. The molecule has 158 valence electrons. The summed E-state index contributed by atoms with van der Waals surface area (Å²) >= 11 is 0. The normalized spacial score (nSPS) is 25.1. The standard InChI is InChI=1S/C21H20FN7O2/c1-20(11-31-12-20)29-8-13(6-25-29)16-9-28-17(15(22)7-24-28)18(26-16)27-5-4-21(10-23,19(27)30)14-2-3-14/h6-9,14H,2-5,11-12H2,1H3/t21-/m1/s1. The molecule has 0 N–H and O–H groups in total. The van der Waals surface area contributed by atoms with E-state index in [1.54, 1.807) is 12.4 Å². The maximum Gasteiger partial charge on any atom is 0.249 e. The summed E-state index contributed by atoms with van der Waals surface area (Å²) in [6.45, 7) is 3.54. The molecule has 5 heterocycles. The summed E-state index contributed by atoms with van der Waals surface area (Å²) in [7, 11) is 0. The highest BCUT2D eigenvalue weighted by molar-refractivity contribution is 6.04. The van der Waals surface area contributed by atoms with Gasteiger partial charge < -0.3 is 4.74 Å². The maximum atomic E-state index is 14.6. The van der Waals surface area contributed by atoms with Crippen LogP contribution in [0.1, 0.15) is 26.2 Å². The average Bonchev–Trinajstić information content (AvgIpc) is 3.21. The predicted molar refractivity (Wildman–Crippen MR) is 106 cm³/mol. The Morgan fingerprint density at radius 1 is 1.26 bits per heavy atom. The molecule has 10 heteroatoms. The molecule has 0 bridgehead atoms. The number of rotatable bonds is 4. The molecule has 3 aromatic heterocycles. The third-order valence-corrected chi connectivity index (χ3v) is 6.78. The van der Waals surface area contributed by atoms with Gasteiger partial charge in [0.2, 0.25) is 5.91 Å². The molecule has 9 nitrogen and oxygen atoms in total. The number of hydrogen-bond donors (Lipinski definition) is 0. The average molecular weight is 421 g/mol. The SMILES string of the molecule is CC1(n2cc(-c3cn4ncc(F)c4c(N4CC[C@@](C#N)(C5CC5)C4=O)n3)cn2)COC1. The number of anilines is 1. The Morgan fingerprint density at radius 3 is 2.74 bits per heavy atom. The minimum absolute atomic E-state index is 0.0765. The number of carbonyl (C=O) groups is 1. The molecule has 1 atom stereocenters. The van der Waals surface area contributed by atoms with Crippen LogP contribution in [-0.4, -0.2) is 50.0 Å². The van der Waals surface area contributed by atoms with Crippen molar-refractivity contribution in [1.82, 2.24) is 24.4 Å². The number of hydrogen-bond acceptors (Lipinski definition) is 6. The molecule has 2 aliphatic heterocycles. The molecule has 1 amide bonds. The van der Waals surface area contributed by atoms with Gasteiger partial charge in [0.15, 0.2) is 11.6 Å². The molecule has 6 rings (SSSR count). The summed E-state index contributed by atoms with van der Waals surface area (Å²) in [6, 6.07) is 2.26. The lowest BCUT2D eigenvalue weighted by Gasteiger charge is -2.38. The van der Waals surface area contributed by atoms with Gasteiger partial charge in [0.05, 0.1) is 43.6 Å². The van der Waals surface area contributed by atoms with Crippen molar-refractivity contribution >= 4 is 17.2 Å². The van der Waals surface area contributed by atoms with Crippen molar-refractivity contribution in [2.24, 2.45) is 11.3 Å². The smallest absolute Gasteiger partial charge is 0.249 e. The van der Waals surface area contributed by atoms with Crippen LogP contribution < -0.4 is 4.90 Å². The third-order valence-electron chi connectivity index (χ3n) is 6.78. The molecule has 0 unspecified atom stereocenters. The van der Waals surface area contributed by atoms with Gasteiger partial charge in [-0.25, -0.2) is 13.9 Å². The number of halogens is 1. The molecule has 0 spiro atoms. The fourth-order valence-corrected chi connectivity index (χ4v) is 4.66. The second-order valence-electron chi connectivity index (χ2n) is 8.96. The zero-order chi connectivity index (χ0) is 21.4. The first-order chi connectivity index (χ1) is 14.9. The molecule has 3 aliphatic rings. The minimum Gasteiger partial charge on any atom is -0.376 e. The lowest BCUT2D eigenvalue weighted by Crippen LogP contribution is -2.49. The summed E-state index contributed by atoms with van der Waals surface area (Å²) in [5.41, 5.74) is 0.148. The second-order valence-corrected chi connectivity index (χ2v) is 8.96. The van der Waals surface area contributed by atoms with Crippen LogP contribution in [0.3, 0.4) is 0 Å². The van der Waals surface area contributed by atoms with Crippen LogP contribution in [-0.2, 0) is 15.1 Å². The van der Waals surface area contributed by atoms with Gasteiger partial charge in [-0.1, -0.05) is 0 Å². The van der Waals surface area contributed by atoms with Crippen LogP contribution >= 0.6 is 0 Å². The van der Waals surface area contributed by atoms with Crippen molar-refractivity contribution in [3.63, 3.8) is 0 Å². The second kappa shape index (κ2) is 6.11. The maximum absolute atomic E-state index is 14.6. The van der Waals surface area contributed by atoms with Gasteiger partial charge in [-0.3, -0.25) is 14.4 Å². The van der Waals surface area contributed by atoms with Gasteiger partial charge in [-0.15, -0.1) is 0 Å². The van der Waals surface area contributed by atoms with Crippen molar-refractivity contribution in [1.29, 1.82) is 5.26 Å². The van der Waals surface area contributed by atoms with E-state index in [-0.39, 0.29) is 28.7 Å². The Kier molecular flexibility index (Phi) is 3.63. The predicted octanol–water partition coefficient (Wildman–Crippen LogP) is 2.13. The minimum atomic E-state index is -1.03. The first kappa shape index (κ1) is 18.4. The van der Waals surface area contributed by atoms with Crippen molar-refractivity contribution in [2.45, 2.75) is 31.7 Å². The number of carbonyl (C=O) groups excluding carboxylic acids is 1. The number of amides is 1. The van der Waals surface area contributed by atoms with Gasteiger partial charge in [0.1, 0.15) is 16.5 Å². The summed E-state index contributed by atoms with van der Waals surface area (Å²) in [5, 5.41) is 18.4. The number of nitriles is 1. The highest BCUT2D eigenvalue weighted by Gasteiger charge is 2.57. The lowest BCUT2D eigenvalue weighted by molar-refractivity contribution is -0.123.